The maximum Gasteiger partial charge on any atom is 0.0483 e. The van der Waals surface area contributed by atoms with E-state index in [1.165, 1.54) is 22.2 Å². The van der Waals surface area contributed by atoms with Gasteiger partial charge in [-0.1, -0.05) is 18.2 Å². The SMILES string of the molecule is Cc1c(CN2CCNC(C)C2)n(C)c2ccccc12. The number of piperazine rings is 1. The average Bonchev–Trinajstić information content (AvgIpc) is 2.65. The number of nitrogens with zero attached hydrogens (tertiary/aromatic N) is 2. The van der Waals surface area contributed by atoms with Gasteiger partial charge in [0.1, 0.15) is 0 Å². The van der Waals surface area contributed by atoms with Crippen molar-refractivity contribution >= 4 is 10.9 Å². The van der Waals surface area contributed by atoms with Crippen molar-refractivity contribution in [3.63, 3.8) is 0 Å². The highest BCUT2D eigenvalue weighted by atomic mass is 15.2. The van der Waals surface area contributed by atoms with Gasteiger partial charge in [-0.2, -0.15) is 0 Å². The number of fused-ring (bicyclic) bond motifs is 1. The Labute approximate surface area is 115 Å². The van der Waals surface area contributed by atoms with Crippen LogP contribution in [0.1, 0.15) is 18.2 Å². The zero-order valence-electron chi connectivity index (χ0n) is 12.1. The summed E-state index contributed by atoms with van der Waals surface area (Å²) in [4.78, 5) is 2.56. The fraction of sp³-hybridized carbons (Fsp3) is 0.500. The summed E-state index contributed by atoms with van der Waals surface area (Å²) >= 11 is 0. The molecule has 1 aliphatic rings. The summed E-state index contributed by atoms with van der Waals surface area (Å²) in [6, 6.07) is 9.30. The molecule has 0 saturated carbocycles. The summed E-state index contributed by atoms with van der Waals surface area (Å²) in [5.41, 5.74) is 4.23. The second-order valence-corrected chi connectivity index (χ2v) is 5.74. The van der Waals surface area contributed by atoms with Gasteiger partial charge in [-0.3, -0.25) is 4.90 Å². The van der Waals surface area contributed by atoms with E-state index in [9.17, 15) is 0 Å². The first-order chi connectivity index (χ1) is 9.16. The van der Waals surface area contributed by atoms with E-state index in [0.29, 0.717) is 6.04 Å². The largest absolute Gasteiger partial charge is 0.346 e. The monoisotopic (exact) mass is 257 g/mol. The van der Waals surface area contributed by atoms with Gasteiger partial charge in [-0.05, 0) is 25.5 Å². The first-order valence-electron chi connectivity index (χ1n) is 7.15. The van der Waals surface area contributed by atoms with Gasteiger partial charge in [-0.25, -0.2) is 0 Å². The zero-order valence-corrected chi connectivity index (χ0v) is 12.1. The molecule has 2 heterocycles. The first kappa shape index (κ1) is 12.7. The molecular weight excluding hydrogens is 234 g/mol. The van der Waals surface area contributed by atoms with Crippen molar-refractivity contribution in [3.05, 3.63) is 35.5 Å². The third kappa shape index (κ3) is 2.28. The van der Waals surface area contributed by atoms with Crippen LogP contribution in [0.2, 0.25) is 0 Å². The predicted octanol–water partition coefficient (Wildman–Crippen LogP) is 2.28. The molecule has 19 heavy (non-hydrogen) atoms. The number of para-hydroxylation sites is 1. The lowest BCUT2D eigenvalue weighted by Gasteiger charge is -2.32. The quantitative estimate of drug-likeness (QED) is 0.890. The summed E-state index contributed by atoms with van der Waals surface area (Å²) in [7, 11) is 2.19. The molecule has 1 saturated heterocycles. The molecule has 102 valence electrons. The van der Waals surface area contributed by atoms with Gasteiger partial charge in [0.05, 0.1) is 0 Å². The fourth-order valence-electron chi connectivity index (χ4n) is 3.23. The summed E-state index contributed by atoms with van der Waals surface area (Å²) in [6.45, 7) is 8.96. The average molecular weight is 257 g/mol. The normalized spacial score (nSPS) is 21.1. The Balaban J connectivity index is 1.92. The molecule has 2 aromatic rings. The van der Waals surface area contributed by atoms with Crippen LogP contribution >= 0.6 is 0 Å². The maximum absolute atomic E-state index is 3.51. The minimum Gasteiger partial charge on any atom is -0.346 e. The van der Waals surface area contributed by atoms with Crippen LogP contribution in [0.5, 0.6) is 0 Å². The molecule has 1 N–H and O–H groups in total. The number of benzene rings is 1. The Morgan fingerprint density at radius 2 is 2.11 bits per heavy atom. The molecule has 1 fully saturated rings. The topological polar surface area (TPSA) is 20.2 Å². The lowest BCUT2D eigenvalue weighted by atomic mass is 10.1. The highest BCUT2D eigenvalue weighted by molar-refractivity contribution is 5.85. The molecule has 0 amide bonds. The van der Waals surface area contributed by atoms with Gasteiger partial charge >= 0.3 is 0 Å². The van der Waals surface area contributed by atoms with Gasteiger partial charge in [0, 0.05) is 55.9 Å². The van der Waals surface area contributed by atoms with E-state index in [1.807, 2.05) is 0 Å². The van der Waals surface area contributed by atoms with E-state index < -0.39 is 0 Å². The molecule has 0 spiro atoms. The first-order valence-corrected chi connectivity index (χ1v) is 7.15. The Morgan fingerprint density at radius 1 is 1.32 bits per heavy atom. The molecule has 0 bridgehead atoms. The summed E-state index contributed by atoms with van der Waals surface area (Å²) in [6.07, 6.45) is 0. The molecule has 1 aliphatic heterocycles. The van der Waals surface area contributed by atoms with Gasteiger partial charge in [0.25, 0.3) is 0 Å². The van der Waals surface area contributed by atoms with Crippen LogP contribution in [0, 0.1) is 6.92 Å². The lowest BCUT2D eigenvalue weighted by molar-refractivity contribution is 0.196. The molecule has 0 radical (unpaired) electrons. The molecule has 0 aliphatic carbocycles. The Kier molecular flexibility index (Phi) is 3.33. The highest BCUT2D eigenvalue weighted by Gasteiger charge is 2.19. The molecule has 1 aromatic carbocycles. The van der Waals surface area contributed by atoms with Gasteiger partial charge < -0.3 is 9.88 Å². The predicted molar refractivity (Wildman–Crippen MR) is 80.4 cm³/mol. The molecule has 1 atom stereocenters. The third-order valence-corrected chi connectivity index (χ3v) is 4.33. The maximum atomic E-state index is 3.51. The van der Waals surface area contributed by atoms with Crippen LogP contribution in [0.3, 0.4) is 0 Å². The molecule has 3 rings (SSSR count). The highest BCUT2D eigenvalue weighted by Crippen LogP contribution is 2.25. The number of rotatable bonds is 2. The van der Waals surface area contributed by atoms with Crippen molar-refractivity contribution < 1.29 is 0 Å². The second kappa shape index (κ2) is 4.99. The van der Waals surface area contributed by atoms with E-state index in [-0.39, 0.29) is 0 Å². The van der Waals surface area contributed by atoms with E-state index in [2.05, 4.69) is 59.9 Å². The van der Waals surface area contributed by atoms with Crippen LogP contribution in [0.25, 0.3) is 10.9 Å². The second-order valence-electron chi connectivity index (χ2n) is 5.74. The van der Waals surface area contributed by atoms with Crippen molar-refractivity contribution in [1.82, 2.24) is 14.8 Å². The van der Waals surface area contributed by atoms with E-state index >= 15 is 0 Å². The number of aryl methyl sites for hydroxylation is 2. The molecular formula is C16H23N3. The van der Waals surface area contributed by atoms with Crippen molar-refractivity contribution in [2.24, 2.45) is 7.05 Å². The minimum absolute atomic E-state index is 0.601. The molecule has 1 aromatic heterocycles. The summed E-state index contributed by atoms with van der Waals surface area (Å²) < 4.78 is 2.36. The van der Waals surface area contributed by atoms with E-state index in [1.54, 1.807) is 0 Å². The van der Waals surface area contributed by atoms with E-state index in [4.69, 9.17) is 0 Å². The Morgan fingerprint density at radius 3 is 2.84 bits per heavy atom. The smallest absolute Gasteiger partial charge is 0.0483 e. The van der Waals surface area contributed by atoms with Crippen LogP contribution in [0.4, 0.5) is 0 Å². The van der Waals surface area contributed by atoms with Gasteiger partial charge in [0.2, 0.25) is 0 Å². The molecule has 3 nitrogen and oxygen atoms in total. The van der Waals surface area contributed by atoms with Crippen LogP contribution in [0.15, 0.2) is 24.3 Å². The molecule has 1 unspecified atom stereocenters. The van der Waals surface area contributed by atoms with Crippen LogP contribution in [-0.4, -0.2) is 35.1 Å². The van der Waals surface area contributed by atoms with Crippen LogP contribution in [-0.2, 0) is 13.6 Å². The van der Waals surface area contributed by atoms with Gasteiger partial charge in [0.15, 0.2) is 0 Å². The number of nitrogens with one attached hydrogen (secondary N) is 1. The molecule has 3 heteroatoms. The minimum atomic E-state index is 0.601. The van der Waals surface area contributed by atoms with Crippen LogP contribution < -0.4 is 5.32 Å². The fourth-order valence-corrected chi connectivity index (χ4v) is 3.23. The summed E-state index contributed by atoms with van der Waals surface area (Å²) in [5.74, 6) is 0. The zero-order chi connectivity index (χ0) is 13.4. The summed E-state index contributed by atoms with van der Waals surface area (Å²) in [5, 5.41) is 4.90. The van der Waals surface area contributed by atoms with Crippen molar-refractivity contribution in [2.75, 3.05) is 19.6 Å². The standard InChI is InChI=1S/C16H23N3/c1-12-10-19(9-8-17-12)11-16-13(2)14-6-4-5-7-15(14)18(16)3/h4-7,12,17H,8-11H2,1-3H3. The van der Waals surface area contributed by atoms with Gasteiger partial charge in [-0.15, -0.1) is 0 Å². The van der Waals surface area contributed by atoms with Crippen molar-refractivity contribution in [1.29, 1.82) is 0 Å². The lowest BCUT2D eigenvalue weighted by Crippen LogP contribution is -2.48. The number of hydrogen-bond donors (Lipinski definition) is 1. The van der Waals surface area contributed by atoms with E-state index in [0.717, 1.165) is 26.2 Å². The number of hydrogen-bond acceptors (Lipinski definition) is 2. The Hall–Kier alpha value is -1.32. The third-order valence-electron chi connectivity index (χ3n) is 4.33. The number of aromatic nitrogens is 1. The van der Waals surface area contributed by atoms with Crippen molar-refractivity contribution in [2.45, 2.75) is 26.4 Å². The Bertz CT molecular complexity index is 546. The van der Waals surface area contributed by atoms with Crippen molar-refractivity contribution in [3.8, 4) is 0 Å².